The maximum atomic E-state index is 9.72. The van der Waals surface area contributed by atoms with E-state index in [2.05, 4.69) is 40.7 Å². The van der Waals surface area contributed by atoms with Crippen molar-refractivity contribution in [1.82, 2.24) is 9.55 Å². The Bertz CT molecular complexity index is 1550. The van der Waals surface area contributed by atoms with Gasteiger partial charge < -0.3 is 4.57 Å². The first-order valence-electron chi connectivity index (χ1n) is 10.3. The normalized spacial score (nSPS) is 14.7. The van der Waals surface area contributed by atoms with Crippen molar-refractivity contribution in [1.29, 1.82) is 15.8 Å². The van der Waals surface area contributed by atoms with Gasteiger partial charge in [0.15, 0.2) is 0 Å². The second-order valence-corrected chi connectivity index (χ2v) is 7.87. The molecular weight excluding hydrogens is 394 g/mol. The van der Waals surface area contributed by atoms with Crippen LogP contribution >= 0.6 is 0 Å². The minimum Gasteiger partial charge on any atom is -0.312 e. The summed E-state index contributed by atoms with van der Waals surface area (Å²) in [5.74, 6) is 0.152. The molecule has 4 aromatic rings. The van der Waals surface area contributed by atoms with Gasteiger partial charge in [-0.2, -0.15) is 15.8 Å². The molecule has 5 nitrogen and oxygen atoms in total. The van der Waals surface area contributed by atoms with Crippen LogP contribution in [-0.4, -0.2) is 9.55 Å². The molecule has 1 aliphatic carbocycles. The predicted molar refractivity (Wildman–Crippen MR) is 123 cm³/mol. The monoisotopic (exact) mass is 411 g/mol. The standard InChI is InChI=1S/C27H17N5/c1-17-12-18(14-28)13-23-22-7-3-5-9-26(22)32(27(17)23)25-8-4-2-6-21(25)20-11-10-19(15-29)31-24(20)16-30/h2-11,13,17H,12H2,1H3. The van der Waals surface area contributed by atoms with Gasteiger partial charge in [-0.05, 0) is 36.8 Å². The molecule has 150 valence electrons. The molecule has 0 amide bonds. The smallest absolute Gasteiger partial charge is 0.149 e. The molecule has 0 saturated carbocycles. The highest BCUT2D eigenvalue weighted by molar-refractivity contribution is 5.95. The third-order valence-electron chi connectivity index (χ3n) is 5.96. The number of benzene rings is 2. The number of fused-ring (bicyclic) bond motifs is 3. The van der Waals surface area contributed by atoms with Crippen molar-refractivity contribution in [2.45, 2.75) is 19.3 Å². The molecule has 1 atom stereocenters. The van der Waals surface area contributed by atoms with E-state index < -0.39 is 0 Å². The van der Waals surface area contributed by atoms with Crippen LogP contribution < -0.4 is 0 Å². The summed E-state index contributed by atoms with van der Waals surface area (Å²) < 4.78 is 2.24. The highest BCUT2D eigenvalue weighted by Crippen LogP contribution is 2.43. The van der Waals surface area contributed by atoms with Gasteiger partial charge >= 0.3 is 0 Å². The number of hydrogen-bond acceptors (Lipinski definition) is 4. The molecule has 0 radical (unpaired) electrons. The molecule has 1 unspecified atom stereocenters. The Hall–Kier alpha value is -4.66. The van der Waals surface area contributed by atoms with Crippen molar-refractivity contribution in [2.75, 3.05) is 0 Å². The van der Waals surface area contributed by atoms with E-state index in [0.29, 0.717) is 12.0 Å². The lowest BCUT2D eigenvalue weighted by Gasteiger charge is -2.22. The SMILES string of the molecule is CC1CC(C#N)=Cc2c1n(-c1ccccc1-c1ccc(C#N)nc1C#N)c1ccccc21. The highest BCUT2D eigenvalue weighted by Gasteiger charge is 2.27. The molecule has 2 aromatic heterocycles. The van der Waals surface area contributed by atoms with E-state index in [-0.39, 0.29) is 17.3 Å². The number of para-hydroxylation sites is 2. The lowest BCUT2D eigenvalue weighted by atomic mass is 9.88. The van der Waals surface area contributed by atoms with Gasteiger partial charge in [0.2, 0.25) is 0 Å². The van der Waals surface area contributed by atoms with Crippen LogP contribution in [0, 0.1) is 34.0 Å². The molecule has 5 rings (SSSR count). The largest absolute Gasteiger partial charge is 0.312 e. The molecule has 0 spiro atoms. The summed E-state index contributed by atoms with van der Waals surface area (Å²) in [4.78, 5) is 4.22. The van der Waals surface area contributed by atoms with Crippen LogP contribution in [0.1, 0.15) is 41.9 Å². The zero-order valence-electron chi connectivity index (χ0n) is 17.4. The highest BCUT2D eigenvalue weighted by atomic mass is 15.0. The van der Waals surface area contributed by atoms with E-state index in [1.165, 1.54) is 0 Å². The number of nitriles is 3. The fraction of sp³-hybridized carbons (Fsp3) is 0.111. The van der Waals surface area contributed by atoms with Crippen molar-refractivity contribution in [3.8, 4) is 35.0 Å². The van der Waals surface area contributed by atoms with Crippen molar-refractivity contribution in [3.05, 3.63) is 88.9 Å². The molecule has 2 heterocycles. The third kappa shape index (κ3) is 2.87. The topological polar surface area (TPSA) is 89.2 Å². The fourth-order valence-electron chi connectivity index (χ4n) is 4.64. The summed E-state index contributed by atoms with van der Waals surface area (Å²) in [6, 6.07) is 26.0. The Kier molecular flexibility index (Phi) is 4.55. The summed E-state index contributed by atoms with van der Waals surface area (Å²) in [5.41, 5.74) is 6.99. The van der Waals surface area contributed by atoms with Gasteiger partial charge in [0.1, 0.15) is 23.5 Å². The number of allylic oxidation sites excluding steroid dienone is 1. The number of aromatic nitrogens is 2. The molecule has 0 N–H and O–H groups in total. The van der Waals surface area contributed by atoms with Crippen molar-refractivity contribution >= 4 is 17.0 Å². The van der Waals surface area contributed by atoms with Gasteiger partial charge in [0, 0.05) is 39.3 Å². The van der Waals surface area contributed by atoms with E-state index in [1.807, 2.05) is 48.5 Å². The lowest BCUT2D eigenvalue weighted by molar-refractivity contribution is 0.711. The maximum absolute atomic E-state index is 9.72. The van der Waals surface area contributed by atoms with E-state index in [1.54, 1.807) is 12.1 Å². The van der Waals surface area contributed by atoms with Crippen LogP contribution in [0.5, 0.6) is 0 Å². The average molecular weight is 411 g/mol. The molecular formula is C27H17N5. The summed E-state index contributed by atoms with van der Waals surface area (Å²) >= 11 is 0. The van der Waals surface area contributed by atoms with E-state index >= 15 is 0 Å². The van der Waals surface area contributed by atoms with E-state index in [4.69, 9.17) is 0 Å². The van der Waals surface area contributed by atoms with Gasteiger partial charge in [-0.3, -0.25) is 0 Å². The molecule has 0 aliphatic heterocycles. The maximum Gasteiger partial charge on any atom is 0.149 e. The molecule has 1 aliphatic rings. The van der Waals surface area contributed by atoms with Crippen molar-refractivity contribution in [3.63, 3.8) is 0 Å². The van der Waals surface area contributed by atoms with Crippen LogP contribution in [0.4, 0.5) is 0 Å². The predicted octanol–water partition coefficient (Wildman–Crippen LogP) is 5.85. The lowest BCUT2D eigenvalue weighted by Crippen LogP contribution is -2.10. The molecule has 0 fully saturated rings. The zero-order chi connectivity index (χ0) is 22.2. The molecule has 32 heavy (non-hydrogen) atoms. The van der Waals surface area contributed by atoms with Gasteiger partial charge in [-0.1, -0.05) is 43.3 Å². The molecule has 0 saturated heterocycles. The Balaban J connectivity index is 1.86. The minimum absolute atomic E-state index is 0.152. The first-order chi connectivity index (χ1) is 15.7. The summed E-state index contributed by atoms with van der Waals surface area (Å²) in [5, 5.41) is 29.5. The summed E-state index contributed by atoms with van der Waals surface area (Å²) in [7, 11) is 0. The molecule has 0 bridgehead atoms. The zero-order valence-corrected chi connectivity index (χ0v) is 17.4. The molecule has 2 aromatic carbocycles. The van der Waals surface area contributed by atoms with Gasteiger partial charge in [0.05, 0.1) is 17.3 Å². The second-order valence-electron chi connectivity index (χ2n) is 7.87. The van der Waals surface area contributed by atoms with Crippen LogP contribution in [-0.2, 0) is 0 Å². The Morgan fingerprint density at radius 3 is 2.44 bits per heavy atom. The minimum atomic E-state index is 0.152. The Morgan fingerprint density at radius 2 is 1.66 bits per heavy atom. The first-order valence-corrected chi connectivity index (χ1v) is 10.3. The summed E-state index contributed by atoms with van der Waals surface area (Å²) in [6.07, 6.45) is 2.69. The number of hydrogen-bond donors (Lipinski definition) is 0. The number of pyridine rings is 1. The van der Waals surface area contributed by atoms with Gasteiger partial charge in [-0.25, -0.2) is 4.98 Å². The third-order valence-corrected chi connectivity index (χ3v) is 5.96. The first kappa shape index (κ1) is 19.3. The second kappa shape index (κ2) is 7.55. The Labute approximate surface area is 185 Å². The summed E-state index contributed by atoms with van der Waals surface area (Å²) in [6.45, 7) is 2.14. The van der Waals surface area contributed by atoms with Crippen LogP contribution in [0.15, 0.2) is 66.2 Å². The van der Waals surface area contributed by atoms with Crippen molar-refractivity contribution in [2.24, 2.45) is 0 Å². The van der Waals surface area contributed by atoms with Crippen LogP contribution in [0.25, 0.3) is 33.8 Å². The quantitative estimate of drug-likeness (QED) is 0.414. The van der Waals surface area contributed by atoms with Crippen LogP contribution in [0.2, 0.25) is 0 Å². The van der Waals surface area contributed by atoms with Gasteiger partial charge in [-0.15, -0.1) is 0 Å². The van der Waals surface area contributed by atoms with Gasteiger partial charge in [0.25, 0.3) is 0 Å². The number of rotatable bonds is 2. The van der Waals surface area contributed by atoms with Crippen LogP contribution in [0.3, 0.4) is 0 Å². The molecule has 5 heteroatoms. The fourth-order valence-corrected chi connectivity index (χ4v) is 4.64. The van der Waals surface area contributed by atoms with E-state index in [9.17, 15) is 15.8 Å². The Morgan fingerprint density at radius 1 is 0.875 bits per heavy atom. The van der Waals surface area contributed by atoms with Crippen molar-refractivity contribution < 1.29 is 0 Å². The number of nitrogens with zero attached hydrogens (tertiary/aromatic N) is 5. The van der Waals surface area contributed by atoms with E-state index in [0.717, 1.165) is 39.0 Å². The average Bonchev–Trinajstić information content (AvgIpc) is 3.18.